The Hall–Kier alpha value is -9.58. The molecule has 0 radical (unpaired) electrons. The van der Waals surface area contributed by atoms with Crippen molar-refractivity contribution >= 4 is 108 Å². The van der Waals surface area contributed by atoms with Gasteiger partial charge >= 0.3 is 0 Å². The van der Waals surface area contributed by atoms with Gasteiger partial charge in [0.1, 0.15) is 0 Å². The summed E-state index contributed by atoms with van der Waals surface area (Å²) in [5, 5.41) is 2.32. The summed E-state index contributed by atoms with van der Waals surface area (Å²) in [5.41, 5.74) is 22.2. The fourth-order valence-electron chi connectivity index (χ4n) is 11.7. The Morgan fingerprint density at radius 2 is 0.795 bits per heavy atom. The van der Waals surface area contributed by atoms with Gasteiger partial charge in [0.15, 0.2) is 0 Å². The van der Waals surface area contributed by atoms with Crippen molar-refractivity contribution in [2.45, 2.75) is 0 Å². The lowest BCUT2D eigenvalue weighted by atomic mass is 9.31. The minimum atomic E-state index is -0.00728. The Kier molecular flexibility index (Phi) is 10.2. The molecule has 0 bridgehead atoms. The van der Waals surface area contributed by atoms with E-state index in [4.69, 9.17) is 0 Å². The number of hydrogen-bond donors (Lipinski definition) is 0. The van der Waals surface area contributed by atoms with Crippen LogP contribution in [0, 0.1) is 0 Å². The van der Waals surface area contributed by atoms with Gasteiger partial charge in [-0.05, 0) is 148 Å². The molecule has 14 rings (SSSR count). The first kappa shape index (κ1) is 42.3. The molecule has 0 fully saturated rings. The zero-order valence-electron chi connectivity index (χ0n) is 40.0. The van der Waals surface area contributed by atoms with Crippen molar-refractivity contribution < 1.29 is 0 Å². The molecular weight excluding hydrogens is 884 g/mol. The fraction of sp³-hybridized carbons (Fsp3) is 0. The lowest BCUT2D eigenvalue weighted by Crippen LogP contribution is -2.61. The van der Waals surface area contributed by atoms with Crippen LogP contribution >= 0.6 is 0 Å². The van der Waals surface area contributed by atoms with E-state index in [9.17, 15) is 0 Å². The van der Waals surface area contributed by atoms with Crippen LogP contribution < -0.4 is 31.1 Å². The first-order valence-electron chi connectivity index (χ1n) is 25.1. The van der Waals surface area contributed by atoms with E-state index in [2.05, 4.69) is 304 Å². The highest BCUT2D eigenvalue weighted by molar-refractivity contribution is 6.99. The van der Waals surface area contributed by atoms with Crippen molar-refractivity contribution in [3.8, 4) is 5.69 Å². The van der Waals surface area contributed by atoms with Gasteiger partial charge < -0.3 is 19.3 Å². The third-order valence-corrected chi connectivity index (χ3v) is 14.7. The van der Waals surface area contributed by atoms with Gasteiger partial charge in [-0.15, -0.1) is 0 Å². The number of hydrogen-bond acceptors (Lipinski definition) is 3. The SMILES string of the molecule is C(=C1c2ccccc2B2c3ccccc3N(c3ccccc3)c3c(-n4c5ccc(N(c6ccccc6)c6ccccc6)cc5c5cc(N(c6ccccc6)c6ccccc6)ccc54)ccc1c32)c1ccccc1. The number of benzene rings is 11. The lowest BCUT2D eigenvalue weighted by Gasteiger charge is -2.42. The highest BCUT2D eigenvalue weighted by Gasteiger charge is 2.43. The first-order chi connectivity index (χ1) is 36.3. The van der Waals surface area contributed by atoms with E-state index in [1.807, 2.05) is 0 Å². The second kappa shape index (κ2) is 17.7. The number of para-hydroxylation sites is 6. The van der Waals surface area contributed by atoms with Crippen molar-refractivity contribution in [3.05, 3.63) is 296 Å². The molecule has 0 atom stereocenters. The molecule has 4 nitrogen and oxygen atoms in total. The third-order valence-electron chi connectivity index (χ3n) is 14.7. The van der Waals surface area contributed by atoms with Crippen LogP contribution in [0.25, 0.3) is 39.1 Å². The second-order valence-electron chi connectivity index (χ2n) is 18.9. The molecule has 11 aromatic carbocycles. The fourth-order valence-corrected chi connectivity index (χ4v) is 11.7. The molecule has 12 aromatic rings. The van der Waals surface area contributed by atoms with Crippen LogP contribution in [0.1, 0.15) is 16.7 Å². The highest BCUT2D eigenvalue weighted by atomic mass is 15.2. The van der Waals surface area contributed by atoms with Gasteiger partial charge in [-0.2, -0.15) is 0 Å². The van der Waals surface area contributed by atoms with Crippen molar-refractivity contribution in [3.63, 3.8) is 0 Å². The van der Waals surface area contributed by atoms with E-state index in [-0.39, 0.29) is 6.71 Å². The lowest BCUT2D eigenvalue weighted by molar-refractivity contribution is 1.15. The molecule has 2 aliphatic rings. The van der Waals surface area contributed by atoms with E-state index in [0.717, 1.165) is 67.3 Å². The minimum absolute atomic E-state index is 0.00728. The monoisotopic (exact) mass is 930 g/mol. The van der Waals surface area contributed by atoms with Gasteiger partial charge in [0.25, 0.3) is 0 Å². The molecule has 0 saturated heterocycles. The summed E-state index contributed by atoms with van der Waals surface area (Å²) in [7, 11) is 0. The molecule has 2 aliphatic heterocycles. The Balaban J connectivity index is 1.09. The van der Waals surface area contributed by atoms with Crippen LogP contribution in [-0.4, -0.2) is 11.3 Å². The summed E-state index contributed by atoms with van der Waals surface area (Å²) in [5.74, 6) is 0. The minimum Gasteiger partial charge on any atom is -0.310 e. The van der Waals surface area contributed by atoms with E-state index >= 15 is 0 Å². The second-order valence-corrected chi connectivity index (χ2v) is 18.9. The van der Waals surface area contributed by atoms with Crippen molar-refractivity contribution in [2.24, 2.45) is 0 Å². The average molecular weight is 931 g/mol. The number of nitrogens with zero attached hydrogens (tertiary/aromatic N) is 4. The Bertz CT molecular complexity index is 3810. The normalized spacial score (nSPS) is 12.9. The zero-order chi connectivity index (χ0) is 48.2. The Morgan fingerprint density at radius 3 is 1.33 bits per heavy atom. The Morgan fingerprint density at radius 1 is 0.342 bits per heavy atom. The molecule has 5 heteroatoms. The average Bonchev–Trinajstić information content (AvgIpc) is 3.78. The summed E-state index contributed by atoms with van der Waals surface area (Å²) < 4.78 is 2.54. The molecule has 1 aromatic heterocycles. The maximum Gasteiger partial charge on any atom is 0.248 e. The van der Waals surface area contributed by atoms with Crippen molar-refractivity contribution in [2.75, 3.05) is 14.7 Å². The number of aromatic nitrogens is 1. The quantitative estimate of drug-likeness (QED) is 0.134. The molecule has 3 heterocycles. The summed E-state index contributed by atoms with van der Waals surface area (Å²) in [4.78, 5) is 7.27. The van der Waals surface area contributed by atoms with E-state index < -0.39 is 0 Å². The molecule has 0 amide bonds. The molecule has 0 aliphatic carbocycles. The molecule has 342 valence electrons. The standard InChI is InChI=1S/C68H47BN4/c1-7-23-48(24-8-1)45-58-56-35-19-20-36-61(56)69-62-37-21-22-38-65(62)72(53-33-17-6-18-34-53)68-66(44-41-57(58)67(68)69)73-63-42-39-54(70(49-25-9-2-10-26-49)50-27-11-3-12-28-50)46-59(63)60-47-55(40-43-64(60)73)71(51-29-13-4-14-30-51)52-31-15-5-16-32-52/h1-47H. The van der Waals surface area contributed by atoms with Crippen molar-refractivity contribution in [1.82, 2.24) is 4.57 Å². The van der Waals surface area contributed by atoms with Gasteiger partial charge in [-0.25, -0.2) is 0 Å². The maximum absolute atomic E-state index is 2.54. The van der Waals surface area contributed by atoms with Crippen LogP contribution in [0.2, 0.25) is 0 Å². The Labute approximate surface area is 426 Å². The van der Waals surface area contributed by atoms with E-state index in [0.29, 0.717) is 0 Å². The summed E-state index contributed by atoms with van der Waals surface area (Å²) in [6.45, 7) is -0.00728. The van der Waals surface area contributed by atoms with Gasteiger partial charge in [0, 0.05) is 56.3 Å². The van der Waals surface area contributed by atoms with Crippen LogP contribution in [0.15, 0.2) is 279 Å². The molecule has 73 heavy (non-hydrogen) atoms. The van der Waals surface area contributed by atoms with Crippen molar-refractivity contribution in [1.29, 1.82) is 0 Å². The first-order valence-corrected chi connectivity index (χ1v) is 25.1. The number of fused-ring (bicyclic) bond motifs is 7. The summed E-state index contributed by atoms with van der Waals surface area (Å²) in [6.07, 6.45) is 2.39. The van der Waals surface area contributed by atoms with Crippen LogP contribution in [0.4, 0.5) is 51.2 Å². The summed E-state index contributed by atoms with van der Waals surface area (Å²) in [6, 6.07) is 102. The highest BCUT2D eigenvalue weighted by Crippen LogP contribution is 2.48. The zero-order valence-corrected chi connectivity index (χ0v) is 40.0. The van der Waals surface area contributed by atoms with Crippen LogP contribution in [0.3, 0.4) is 0 Å². The topological polar surface area (TPSA) is 14.7 Å². The molecular formula is C68H47BN4. The number of anilines is 9. The van der Waals surface area contributed by atoms with Crippen LogP contribution in [-0.2, 0) is 0 Å². The maximum atomic E-state index is 2.54. The van der Waals surface area contributed by atoms with Gasteiger partial charge in [-0.3, -0.25) is 0 Å². The van der Waals surface area contributed by atoms with Gasteiger partial charge in [0.2, 0.25) is 6.71 Å². The van der Waals surface area contributed by atoms with Gasteiger partial charge in [0.05, 0.1) is 22.4 Å². The smallest absolute Gasteiger partial charge is 0.248 e. The van der Waals surface area contributed by atoms with Crippen LogP contribution in [0.5, 0.6) is 0 Å². The summed E-state index contributed by atoms with van der Waals surface area (Å²) >= 11 is 0. The van der Waals surface area contributed by atoms with E-state index in [1.165, 1.54) is 50.0 Å². The molecule has 0 saturated carbocycles. The molecule has 0 spiro atoms. The third kappa shape index (κ3) is 7.08. The molecule has 0 N–H and O–H groups in total. The molecule has 0 unspecified atom stereocenters. The van der Waals surface area contributed by atoms with E-state index in [1.54, 1.807) is 0 Å². The predicted molar refractivity (Wildman–Crippen MR) is 309 cm³/mol. The van der Waals surface area contributed by atoms with Gasteiger partial charge in [-0.1, -0.05) is 175 Å². The predicted octanol–water partition coefficient (Wildman–Crippen LogP) is 15.9. The number of rotatable bonds is 9. The largest absolute Gasteiger partial charge is 0.310 e.